The smallest absolute Gasteiger partial charge is 0.328 e. The quantitative estimate of drug-likeness (QED) is 0.837. The number of amides is 1. The summed E-state index contributed by atoms with van der Waals surface area (Å²) in [6, 6.07) is 6.19. The van der Waals surface area contributed by atoms with Gasteiger partial charge in [0.25, 0.3) is 5.91 Å². The van der Waals surface area contributed by atoms with E-state index in [2.05, 4.69) is 20.5 Å². The summed E-state index contributed by atoms with van der Waals surface area (Å²) in [5, 5.41) is 9.60. The molecule has 0 aliphatic heterocycles. The number of benzene rings is 1. The van der Waals surface area contributed by atoms with Crippen molar-refractivity contribution in [3.05, 3.63) is 35.7 Å². The lowest BCUT2D eigenvalue weighted by Gasteiger charge is -2.29. The monoisotopic (exact) mass is 330 g/mol. The molecule has 0 aliphatic rings. The molecule has 0 saturated carbocycles. The predicted octanol–water partition coefficient (Wildman–Crippen LogP) is 2.10. The molecule has 1 atom stereocenters. The second kappa shape index (κ2) is 6.82. The van der Waals surface area contributed by atoms with Gasteiger partial charge in [0, 0.05) is 11.1 Å². The molecule has 0 bridgehead atoms. The molecule has 2 aromatic rings. The number of carbonyl (C=O) groups is 2. The average Bonchev–Trinajstić information content (AvgIpc) is 2.97. The molecule has 128 valence electrons. The highest BCUT2D eigenvalue weighted by Crippen LogP contribution is 2.21. The number of rotatable bonds is 4. The Labute approximate surface area is 140 Å². The van der Waals surface area contributed by atoms with Crippen LogP contribution in [0, 0.1) is 12.3 Å². The number of methoxy groups -OCH3 is 1. The van der Waals surface area contributed by atoms with Crippen molar-refractivity contribution in [1.29, 1.82) is 0 Å². The molecule has 1 aromatic heterocycles. The van der Waals surface area contributed by atoms with Gasteiger partial charge in [-0.1, -0.05) is 32.9 Å². The third kappa shape index (κ3) is 3.98. The molecule has 0 radical (unpaired) electrons. The fourth-order valence-electron chi connectivity index (χ4n) is 2.23. The Morgan fingerprint density at radius 3 is 2.54 bits per heavy atom. The molecule has 0 unspecified atom stereocenters. The molecule has 7 nitrogen and oxygen atoms in total. The van der Waals surface area contributed by atoms with Crippen LogP contribution < -0.4 is 5.32 Å². The van der Waals surface area contributed by atoms with Gasteiger partial charge in [-0.2, -0.15) is 5.10 Å². The summed E-state index contributed by atoms with van der Waals surface area (Å²) in [5.74, 6) is 0.381. The number of hydrogen-bond donors (Lipinski definition) is 2. The van der Waals surface area contributed by atoms with Gasteiger partial charge >= 0.3 is 5.97 Å². The molecule has 1 amide bonds. The lowest BCUT2D eigenvalue weighted by atomic mass is 9.86. The number of nitrogens with one attached hydrogen (secondary N) is 2. The van der Waals surface area contributed by atoms with Crippen molar-refractivity contribution in [2.75, 3.05) is 7.11 Å². The molecule has 7 heteroatoms. The van der Waals surface area contributed by atoms with Crippen molar-refractivity contribution in [3.63, 3.8) is 0 Å². The van der Waals surface area contributed by atoms with Crippen molar-refractivity contribution in [2.24, 2.45) is 5.41 Å². The van der Waals surface area contributed by atoms with E-state index in [1.54, 1.807) is 25.1 Å². The third-order valence-corrected chi connectivity index (χ3v) is 3.56. The zero-order valence-electron chi connectivity index (χ0n) is 14.5. The van der Waals surface area contributed by atoms with E-state index >= 15 is 0 Å². The fourth-order valence-corrected chi connectivity index (χ4v) is 2.23. The van der Waals surface area contributed by atoms with Crippen LogP contribution in [0.1, 0.15) is 37.0 Å². The second-order valence-corrected chi connectivity index (χ2v) is 6.62. The van der Waals surface area contributed by atoms with Crippen molar-refractivity contribution in [3.8, 4) is 11.4 Å². The third-order valence-electron chi connectivity index (χ3n) is 3.56. The Bertz CT molecular complexity index is 746. The van der Waals surface area contributed by atoms with Crippen LogP contribution in [0.3, 0.4) is 0 Å². The first-order chi connectivity index (χ1) is 11.2. The first kappa shape index (κ1) is 17.7. The molecule has 0 saturated heterocycles. The number of esters is 1. The van der Waals surface area contributed by atoms with Crippen LogP contribution >= 0.6 is 0 Å². The summed E-state index contributed by atoms with van der Waals surface area (Å²) in [6.07, 6.45) is 0. The van der Waals surface area contributed by atoms with E-state index in [1.807, 2.05) is 26.8 Å². The highest BCUT2D eigenvalue weighted by atomic mass is 16.5. The number of aromatic amines is 1. The van der Waals surface area contributed by atoms with Gasteiger partial charge in [0.05, 0.1) is 7.11 Å². The fraction of sp³-hybridized carbons (Fsp3) is 0.412. The number of aryl methyl sites for hydroxylation is 1. The van der Waals surface area contributed by atoms with E-state index in [9.17, 15) is 9.59 Å². The highest BCUT2D eigenvalue weighted by Gasteiger charge is 2.33. The van der Waals surface area contributed by atoms with E-state index in [0.29, 0.717) is 17.2 Å². The van der Waals surface area contributed by atoms with E-state index in [0.717, 1.165) is 5.56 Å². The number of carbonyl (C=O) groups excluding carboxylic acids is 2. The molecular formula is C17H22N4O3. The average molecular weight is 330 g/mol. The Balaban J connectivity index is 2.25. The number of ether oxygens (including phenoxy) is 1. The second-order valence-electron chi connectivity index (χ2n) is 6.62. The molecule has 0 fully saturated rings. The van der Waals surface area contributed by atoms with Gasteiger partial charge in [0.15, 0.2) is 5.82 Å². The number of aromatic nitrogens is 3. The molecule has 0 spiro atoms. The zero-order valence-corrected chi connectivity index (χ0v) is 14.5. The Morgan fingerprint density at radius 2 is 2.00 bits per heavy atom. The van der Waals surface area contributed by atoms with Crippen LogP contribution in [-0.4, -0.2) is 40.2 Å². The van der Waals surface area contributed by atoms with Crippen molar-refractivity contribution < 1.29 is 14.3 Å². The minimum atomic E-state index is -0.746. The Hall–Kier alpha value is -2.70. The number of nitrogens with zero attached hydrogens (tertiary/aromatic N) is 2. The minimum absolute atomic E-state index is 0.352. The van der Waals surface area contributed by atoms with Crippen LogP contribution in [0.2, 0.25) is 0 Å². The first-order valence-corrected chi connectivity index (χ1v) is 7.60. The van der Waals surface area contributed by atoms with Crippen molar-refractivity contribution >= 4 is 11.9 Å². The van der Waals surface area contributed by atoms with Gasteiger partial charge in [-0.05, 0) is 24.5 Å². The molecule has 0 aliphatic carbocycles. The molecule has 1 aromatic carbocycles. The summed E-state index contributed by atoms with van der Waals surface area (Å²) < 4.78 is 4.79. The molecule has 24 heavy (non-hydrogen) atoms. The number of H-pyrrole nitrogens is 1. The van der Waals surface area contributed by atoms with Gasteiger partial charge in [-0.15, -0.1) is 0 Å². The standard InChI is InChI=1S/C17H22N4O3/c1-10-18-14(21-20-10)11-7-6-8-12(9-11)15(22)19-13(16(23)24-5)17(2,3)4/h6-9,13H,1-5H3,(H,19,22)(H,18,20,21)/t13-/m1/s1. The summed E-state index contributed by atoms with van der Waals surface area (Å²) in [5.41, 5.74) is 0.673. The molecule has 2 rings (SSSR count). The van der Waals surface area contributed by atoms with Gasteiger partial charge in [0.1, 0.15) is 11.9 Å². The van der Waals surface area contributed by atoms with Crippen LogP contribution in [0.5, 0.6) is 0 Å². The summed E-state index contributed by atoms with van der Waals surface area (Å²) in [6.45, 7) is 7.39. The lowest BCUT2D eigenvalue weighted by Crippen LogP contribution is -2.49. The maximum absolute atomic E-state index is 12.5. The van der Waals surface area contributed by atoms with E-state index in [-0.39, 0.29) is 5.91 Å². The van der Waals surface area contributed by atoms with Crippen LogP contribution in [-0.2, 0) is 9.53 Å². The highest BCUT2D eigenvalue weighted by molar-refractivity contribution is 5.97. The Morgan fingerprint density at radius 1 is 1.29 bits per heavy atom. The minimum Gasteiger partial charge on any atom is -0.467 e. The SMILES string of the molecule is COC(=O)[C@@H](NC(=O)c1cccc(-c2n[nH]c(C)n2)c1)C(C)(C)C. The maximum atomic E-state index is 12.5. The lowest BCUT2D eigenvalue weighted by molar-refractivity contribution is -0.145. The summed E-state index contributed by atoms with van der Waals surface area (Å²) in [4.78, 5) is 28.7. The molecular weight excluding hydrogens is 308 g/mol. The zero-order chi connectivity index (χ0) is 17.9. The summed E-state index contributed by atoms with van der Waals surface area (Å²) >= 11 is 0. The van der Waals surface area contributed by atoms with Crippen LogP contribution in [0.15, 0.2) is 24.3 Å². The largest absolute Gasteiger partial charge is 0.467 e. The van der Waals surface area contributed by atoms with E-state index in [4.69, 9.17) is 4.74 Å². The predicted molar refractivity (Wildman–Crippen MR) is 89.3 cm³/mol. The van der Waals surface area contributed by atoms with Gasteiger partial charge < -0.3 is 10.1 Å². The van der Waals surface area contributed by atoms with E-state index < -0.39 is 17.4 Å². The van der Waals surface area contributed by atoms with Crippen molar-refractivity contribution in [2.45, 2.75) is 33.7 Å². The van der Waals surface area contributed by atoms with Crippen molar-refractivity contribution in [1.82, 2.24) is 20.5 Å². The van der Waals surface area contributed by atoms with E-state index in [1.165, 1.54) is 7.11 Å². The van der Waals surface area contributed by atoms with Crippen LogP contribution in [0.4, 0.5) is 0 Å². The summed E-state index contributed by atoms with van der Waals surface area (Å²) in [7, 11) is 1.30. The number of hydrogen-bond acceptors (Lipinski definition) is 5. The van der Waals surface area contributed by atoms with Gasteiger partial charge in [0.2, 0.25) is 0 Å². The normalized spacial score (nSPS) is 12.5. The Kier molecular flexibility index (Phi) is 5.02. The molecule has 1 heterocycles. The van der Waals surface area contributed by atoms with Crippen LogP contribution in [0.25, 0.3) is 11.4 Å². The molecule has 2 N–H and O–H groups in total. The maximum Gasteiger partial charge on any atom is 0.328 e. The topological polar surface area (TPSA) is 97.0 Å². The first-order valence-electron chi connectivity index (χ1n) is 7.60. The van der Waals surface area contributed by atoms with Gasteiger partial charge in [-0.3, -0.25) is 9.89 Å². The van der Waals surface area contributed by atoms with Gasteiger partial charge in [-0.25, -0.2) is 9.78 Å².